The minimum absolute atomic E-state index is 0.0849. The number of rotatable bonds is 4. The fourth-order valence-corrected chi connectivity index (χ4v) is 3.91. The first kappa shape index (κ1) is 15.3. The lowest BCUT2D eigenvalue weighted by atomic mass is 9.81. The Morgan fingerprint density at radius 2 is 1.83 bits per heavy atom. The van der Waals surface area contributed by atoms with Gasteiger partial charge in [0.1, 0.15) is 11.6 Å². The summed E-state index contributed by atoms with van der Waals surface area (Å²) in [7, 11) is 0. The van der Waals surface area contributed by atoms with E-state index in [0.29, 0.717) is 11.5 Å². The Morgan fingerprint density at radius 1 is 1.12 bits per heavy atom. The van der Waals surface area contributed by atoms with Gasteiger partial charge in [-0.3, -0.25) is 9.59 Å². The molecule has 1 N–H and O–H groups in total. The quantitative estimate of drug-likeness (QED) is 0.876. The molecule has 6 nitrogen and oxygen atoms in total. The first-order chi connectivity index (χ1) is 11.7. The average Bonchev–Trinajstić information content (AvgIpc) is 3.12. The van der Waals surface area contributed by atoms with E-state index < -0.39 is 0 Å². The number of nitrogens with one attached hydrogen (secondary N) is 1. The van der Waals surface area contributed by atoms with E-state index in [-0.39, 0.29) is 23.7 Å². The second kappa shape index (κ2) is 6.00. The van der Waals surface area contributed by atoms with Crippen molar-refractivity contribution in [2.45, 2.75) is 51.9 Å². The Labute approximate surface area is 140 Å². The third kappa shape index (κ3) is 2.41. The van der Waals surface area contributed by atoms with Gasteiger partial charge in [-0.1, -0.05) is 26.2 Å². The molecule has 0 spiro atoms. The van der Waals surface area contributed by atoms with E-state index in [2.05, 4.69) is 21.9 Å². The molecule has 6 heteroatoms. The molecule has 0 bridgehead atoms. The summed E-state index contributed by atoms with van der Waals surface area (Å²) in [5.41, 5.74) is 1.43. The first-order valence-electron chi connectivity index (χ1n) is 8.92. The summed E-state index contributed by atoms with van der Waals surface area (Å²) in [4.78, 5) is 38.9. The van der Waals surface area contributed by atoms with E-state index in [9.17, 15) is 9.59 Å². The molecule has 1 saturated carbocycles. The van der Waals surface area contributed by atoms with E-state index >= 15 is 0 Å². The maximum atomic E-state index is 12.7. The van der Waals surface area contributed by atoms with Crippen molar-refractivity contribution in [3.8, 4) is 0 Å². The van der Waals surface area contributed by atoms with Crippen LogP contribution in [0.15, 0.2) is 12.1 Å². The zero-order valence-corrected chi connectivity index (χ0v) is 13.9. The van der Waals surface area contributed by atoms with Crippen LogP contribution in [0.2, 0.25) is 0 Å². The molecule has 4 rings (SSSR count). The van der Waals surface area contributed by atoms with Crippen LogP contribution < -0.4 is 4.90 Å². The molecule has 2 aromatic heterocycles. The number of H-pyrrole nitrogens is 1. The smallest absolute Gasteiger partial charge is 0.238 e. The number of imidazole rings is 1. The van der Waals surface area contributed by atoms with Gasteiger partial charge in [-0.15, -0.1) is 0 Å². The van der Waals surface area contributed by atoms with Crippen molar-refractivity contribution < 1.29 is 9.59 Å². The lowest BCUT2D eigenvalue weighted by molar-refractivity contribution is -0.122. The maximum absolute atomic E-state index is 12.7. The van der Waals surface area contributed by atoms with Gasteiger partial charge in [-0.05, 0) is 31.4 Å². The highest BCUT2D eigenvalue weighted by Crippen LogP contribution is 2.39. The molecule has 3 heterocycles. The molecule has 1 saturated heterocycles. The van der Waals surface area contributed by atoms with E-state index in [0.717, 1.165) is 56.3 Å². The van der Waals surface area contributed by atoms with Gasteiger partial charge in [0.05, 0.1) is 17.4 Å². The second-order valence-electron chi connectivity index (χ2n) is 6.84. The molecule has 2 aromatic rings. The molecule has 2 atom stereocenters. The number of amides is 2. The van der Waals surface area contributed by atoms with Crippen LogP contribution in [-0.2, 0) is 16.0 Å². The third-order valence-corrected chi connectivity index (χ3v) is 5.22. The molecule has 126 valence electrons. The highest BCUT2D eigenvalue weighted by molar-refractivity contribution is 6.21. The summed E-state index contributed by atoms with van der Waals surface area (Å²) in [5.74, 6) is 0.854. The van der Waals surface area contributed by atoms with Gasteiger partial charge in [0, 0.05) is 6.42 Å². The molecular formula is C18H22N4O2. The lowest BCUT2D eigenvalue weighted by Crippen LogP contribution is -2.31. The van der Waals surface area contributed by atoms with E-state index in [4.69, 9.17) is 0 Å². The van der Waals surface area contributed by atoms with Crippen molar-refractivity contribution >= 4 is 28.8 Å². The van der Waals surface area contributed by atoms with Gasteiger partial charge < -0.3 is 4.98 Å². The summed E-state index contributed by atoms with van der Waals surface area (Å²) < 4.78 is 0. The Morgan fingerprint density at radius 3 is 2.50 bits per heavy atom. The summed E-state index contributed by atoms with van der Waals surface area (Å²) >= 11 is 0. The van der Waals surface area contributed by atoms with Crippen LogP contribution in [0.4, 0.5) is 5.82 Å². The number of aromatic amines is 1. The van der Waals surface area contributed by atoms with Crippen LogP contribution in [0.1, 0.15) is 51.3 Å². The molecular weight excluding hydrogens is 304 g/mol. The number of aryl methyl sites for hydroxylation is 1. The number of hydrogen-bond donors (Lipinski definition) is 1. The second-order valence-corrected chi connectivity index (χ2v) is 6.84. The fraction of sp³-hybridized carbons (Fsp3) is 0.556. The predicted molar refractivity (Wildman–Crippen MR) is 90.4 cm³/mol. The molecule has 0 radical (unpaired) electrons. The van der Waals surface area contributed by atoms with Crippen molar-refractivity contribution in [3.63, 3.8) is 0 Å². The lowest BCUT2D eigenvalue weighted by Gasteiger charge is -2.19. The Bertz CT molecular complexity index is 773. The molecule has 0 aromatic carbocycles. The predicted octanol–water partition coefficient (Wildman–Crippen LogP) is 2.98. The van der Waals surface area contributed by atoms with Gasteiger partial charge >= 0.3 is 0 Å². The first-order valence-corrected chi connectivity index (χ1v) is 8.92. The van der Waals surface area contributed by atoms with Gasteiger partial charge in [-0.2, -0.15) is 0 Å². The molecule has 2 aliphatic rings. The largest absolute Gasteiger partial charge is 0.341 e. The molecule has 2 amide bonds. The van der Waals surface area contributed by atoms with Gasteiger partial charge in [0.2, 0.25) is 11.8 Å². The topological polar surface area (TPSA) is 79.0 Å². The molecule has 2 fully saturated rings. The highest BCUT2D eigenvalue weighted by atomic mass is 16.2. The standard InChI is InChI=1S/C18H22N4O2/c1-2-3-8-14-19-13-9-10-15(21-16(13)20-14)22-17(23)11-6-4-5-7-12(11)18(22)24/h9-12H,2-8H2,1H3,(H,19,20,21). The Kier molecular flexibility index (Phi) is 3.82. The zero-order valence-electron chi connectivity index (χ0n) is 13.9. The summed E-state index contributed by atoms with van der Waals surface area (Å²) in [6.07, 6.45) is 6.75. The number of fused-ring (bicyclic) bond motifs is 2. The van der Waals surface area contributed by atoms with Crippen LogP contribution >= 0.6 is 0 Å². The highest BCUT2D eigenvalue weighted by Gasteiger charge is 2.49. The third-order valence-electron chi connectivity index (χ3n) is 5.22. The number of carbonyl (C=O) groups is 2. The van der Waals surface area contributed by atoms with E-state index in [1.54, 1.807) is 6.07 Å². The fourth-order valence-electron chi connectivity index (χ4n) is 3.91. The monoisotopic (exact) mass is 326 g/mol. The number of aromatic nitrogens is 3. The van der Waals surface area contributed by atoms with Gasteiger partial charge in [0.25, 0.3) is 0 Å². The number of hydrogen-bond acceptors (Lipinski definition) is 4. The van der Waals surface area contributed by atoms with Crippen molar-refractivity contribution in [2.75, 3.05) is 4.90 Å². The van der Waals surface area contributed by atoms with Crippen molar-refractivity contribution in [3.05, 3.63) is 18.0 Å². The SMILES string of the molecule is CCCCc1nc2nc(N3C(=O)C4CCCCC4C3=O)ccc2[nH]1. The number of nitrogens with zero attached hydrogens (tertiary/aromatic N) is 3. The zero-order chi connectivity index (χ0) is 16.7. The van der Waals surface area contributed by atoms with E-state index in [1.165, 1.54) is 4.90 Å². The van der Waals surface area contributed by atoms with Crippen LogP contribution in [0.5, 0.6) is 0 Å². The average molecular weight is 326 g/mol. The summed E-state index contributed by atoms with van der Waals surface area (Å²) in [5, 5.41) is 0. The number of anilines is 1. The van der Waals surface area contributed by atoms with Crippen molar-refractivity contribution in [2.24, 2.45) is 11.8 Å². The van der Waals surface area contributed by atoms with Crippen LogP contribution in [-0.4, -0.2) is 26.8 Å². The molecule has 1 aliphatic carbocycles. The number of imide groups is 1. The van der Waals surface area contributed by atoms with Gasteiger partial charge in [-0.25, -0.2) is 14.9 Å². The Hall–Kier alpha value is -2.24. The van der Waals surface area contributed by atoms with Crippen LogP contribution in [0.25, 0.3) is 11.2 Å². The van der Waals surface area contributed by atoms with Crippen LogP contribution in [0.3, 0.4) is 0 Å². The van der Waals surface area contributed by atoms with Crippen LogP contribution in [0, 0.1) is 11.8 Å². The van der Waals surface area contributed by atoms with Crippen molar-refractivity contribution in [1.29, 1.82) is 0 Å². The minimum Gasteiger partial charge on any atom is -0.341 e. The number of pyridine rings is 1. The Balaban J connectivity index is 1.66. The van der Waals surface area contributed by atoms with Gasteiger partial charge in [0.15, 0.2) is 5.65 Å². The minimum atomic E-state index is -0.150. The summed E-state index contributed by atoms with van der Waals surface area (Å²) in [6.45, 7) is 2.14. The molecule has 2 unspecified atom stereocenters. The van der Waals surface area contributed by atoms with E-state index in [1.807, 2.05) is 6.07 Å². The normalized spacial score (nSPS) is 24.0. The van der Waals surface area contributed by atoms with Crippen molar-refractivity contribution in [1.82, 2.24) is 15.0 Å². The molecule has 1 aliphatic heterocycles. The summed E-state index contributed by atoms with van der Waals surface area (Å²) in [6, 6.07) is 3.61. The number of carbonyl (C=O) groups excluding carboxylic acids is 2. The maximum Gasteiger partial charge on any atom is 0.238 e. The number of unbranched alkanes of at least 4 members (excludes halogenated alkanes) is 1. The molecule has 24 heavy (non-hydrogen) atoms.